The first-order valence-electron chi connectivity index (χ1n) is 7.84. The van der Waals surface area contributed by atoms with Crippen molar-refractivity contribution in [1.82, 2.24) is 9.88 Å². The number of rotatable bonds is 2. The molecule has 1 aliphatic heterocycles. The average molecular weight is 346 g/mol. The molecule has 2 aromatic carbocycles. The number of nitrogens with one attached hydrogen (secondary N) is 1. The van der Waals surface area contributed by atoms with Crippen LogP contribution < -0.4 is 5.32 Å². The van der Waals surface area contributed by atoms with Gasteiger partial charge in [-0.1, -0.05) is 12.1 Å². The fourth-order valence-corrected chi connectivity index (χ4v) is 2.89. The van der Waals surface area contributed by atoms with E-state index in [1.165, 1.54) is 6.21 Å². The van der Waals surface area contributed by atoms with Gasteiger partial charge in [-0.05, 0) is 35.7 Å². The Morgan fingerprint density at radius 1 is 1.08 bits per heavy atom. The minimum Gasteiger partial charge on any atom is -0.359 e. The molecule has 0 radical (unpaired) electrons. The van der Waals surface area contributed by atoms with Crippen LogP contribution in [0.1, 0.15) is 5.56 Å². The molecule has 0 bridgehead atoms. The van der Waals surface area contributed by atoms with Crippen LogP contribution in [0.25, 0.3) is 22.3 Å². The molecule has 0 amide bonds. The Labute approximate surface area is 148 Å². The normalized spacial score (nSPS) is 13.6. The number of nitriles is 1. The number of aliphatic imine (C=N–C) groups is 1. The van der Waals surface area contributed by atoms with Crippen molar-refractivity contribution in [2.45, 2.75) is 0 Å². The Morgan fingerprint density at radius 3 is 2.81 bits per heavy atom. The molecule has 0 aliphatic carbocycles. The summed E-state index contributed by atoms with van der Waals surface area (Å²) in [5.74, 6) is -1.04. The number of hydrogen-bond donors (Lipinski definition) is 1. The smallest absolute Gasteiger partial charge is 0.164 e. The van der Waals surface area contributed by atoms with Gasteiger partial charge in [-0.15, -0.1) is 0 Å². The standard InChI is InChI=1S/C20H12F2N4/c21-15-4-5-16(22)19(11-15)26-9-6-13-2-3-14(10-18(13)26)20-17(12-23)24-7-1-8-25-20/h1-11,25H. The first-order valence-corrected chi connectivity index (χ1v) is 7.84. The summed E-state index contributed by atoms with van der Waals surface area (Å²) < 4.78 is 29.4. The summed E-state index contributed by atoms with van der Waals surface area (Å²) in [4.78, 5) is 4.10. The van der Waals surface area contributed by atoms with Gasteiger partial charge in [0.25, 0.3) is 0 Å². The van der Waals surface area contributed by atoms with Crippen LogP contribution in [0, 0.1) is 23.0 Å². The number of benzene rings is 2. The first kappa shape index (κ1) is 15.8. The zero-order valence-corrected chi connectivity index (χ0v) is 13.4. The topological polar surface area (TPSA) is 53.1 Å². The van der Waals surface area contributed by atoms with E-state index in [9.17, 15) is 14.0 Å². The molecule has 0 spiro atoms. The van der Waals surface area contributed by atoms with Crippen LogP contribution in [0.4, 0.5) is 8.78 Å². The fourth-order valence-electron chi connectivity index (χ4n) is 2.89. The Bertz CT molecular complexity index is 1150. The SMILES string of the molecule is N#CC1=C(c2ccc3ccn(-c4cc(F)ccc4F)c3c2)NC=CC=N1. The molecule has 0 atom stereocenters. The second-order valence-electron chi connectivity index (χ2n) is 5.67. The third-order valence-corrected chi connectivity index (χ3v) is 4.11. The highest BCUT2D eigenvalue weighted by molar-refractivity contribution is 5.88. The summed E-state index contributed by atoms with van der Waals surface area (Å²) in [6.45, 7) is 0. The van der Waals surface area contributed by atoms with Crippen molar-refractivity contribution in [3.05, 3.63) is 83.8 Å². The Morgan fingerprint density at radius 2 is 1.96 bits per heavy atom. The first-order chi connectivity index (χ1) is 12.7. The number of fused-ring (bicyclic) bond motifs is 1. The van der Waals surface area contributed by atoms with Gasteiger partial charge in [0.05, 0.1) is 16.9 Å². The summed E-state index contributed by atoms with van der Waals surface area (Å²) in [6.07, 6.45) is 6.58. The van der Waals surface area contributed by atoms with Crippen molar-refractivity contribution in [2.75, 3.05) is 0 Å². The minimum absolute atomic E-state index is 0.123. The van der Waals surface area contributed by atoms with E-state index in [4.69, 9.17) is 0 Å². The van der Waals surface area contributed by atoms with Gasteiger partial charge in [-0.25, -0.2) is 13.8 Å². The molecule has 3 aromatic rings. The predicted octanol–water partition coefficient (Wildman–Crippen LogP) is 4.29. The lowest BCUT2D eigenvalue weighted by Crippen LogP contribution is -2.06. The van der Waals surface area contributed by atoms with E-state index < -0.39 is 11.6 Å². The van der Waals surface area contributed by atoms with E-state index in [1.807, 2.05) is 24.3 Å². The van der Waals surface area contributed by atoms with Gasteiger partial charge >= 0.3 is 0 Å². The molecule has 2 heterocycles. The van der Waals surface area contributed by atoms with Crippen LogP contribution in [0.5, 0.6) is 0 Å². The van der Waals surface area contributed by atoms with E-state index in [1.54, 1.807) is 23.0 Å². The van der Waals surface area contributed by atoms with E-state index >= 15 is 0 Å². The second kappa shape index (κ2) is 6.30. The molecule has 1 aliphatic rings. The quantitative estimate of drug-likeness (QED) is 0.753. The number of nitrogens with zero attached hydrogens (tertiary/aromatic N) is 3. The van der Waals surface area contributed by atoms with Gasteiger partial charge in [0.15, 0.2) is 5.70 Å². The maximum absolute atomic E-state index is 14.2. The molecule has 4 rings (SSSR count). The molecule has 26 heavy (non-hydrogen) atoms. The molecule has 126 valence electrons. The molecular formula is C20H12F2N4. The third kappa shape index (κ3) is 2.66. The monoisotopic (exact) mass is 346 g/mol. The van der Waals surface area contributed by atoms with Crippen molar-refractivity contribution in [1.29, 1.82) is 5.26 Å². The molecule has 1 N–H and O–H groups in total. The summed E-state index contributed by atoms with van der Waals surface area (Å²) >= 11 is 0. The van der Waals surface area contributed by atoms with Gasteiger partial charge in [0.2, 0.25) is 0 Å². The molecule has 1 aromatic heterocycles. The van der Waals surface area contributed by atoms with Crippen LogP contribution in [0.3, 0.4) is 0 Å². The summed E-state index contributed by atoms with van der Waals surface area (Å²) in [5.41, 5.74) is 2.32. The summed E-state index contributed by atoms with van der Waals surface area (Å²) in [6, 6.07) is 12.7. The highest BCUT2D eigenvalue weighted by atomic mass is 19.1. The molecule has 4 nitrogen and oxygen atoms in total. The fraction of sp³-hybridized carbons (Fsp3) is 0. The van der Waals surface area contributed by atoms with Crippen molar-refractivity contribution < 1.29 is 8.78 Å². The van der Waals surface area contributed by atoms with Crippen molar-refractivity contribution in [3.63, 3.8) is 0 Å². The highest BCUT2D eigenvalue weighted by Gasteiger charge is 2.13. The maximum atomic E-state index is 14.2. The van der Waals surface area contributed by atoms with Crippen molar-refractivity contribution >= 4 is 22.8 Å². The maximum Gasteiger partial charge on any atom is 0.164 e. The summed E-state index contributed by atoms with van der Waals surface area (Å²) in [5, 5.41) is 13.2. The van der Waals surface area contributed by atoms with Crippen molar-refractivity contribution in [2.24, 2.45) is 4.99 Å². The number of allylic oxidation sites excluding steroid dienone is 2. The number of hydrogen-bond acceptors (Lipinski definition) is 3. The van der Waals surface area contributed by atoms with Crippen LogP contribution in [0.2, 0.25) is 0 Å². The van der Waals surface area contributed by atoms with E-state index in [-0.39, 0.29) is 11.4 Å². The zero-order chi connectivity index (χ0) is 18.1. The Balaban J connectivity index is 1.92. The number of halogens is 2. The average Bonchev–Trinajstić information content (AvgIpc) is 2.92. The second-order valence-corrected chi connectivity index (χ2v) is 5.67. The van der Waals surface area contributed by atoms with Gasteiger partial charge < -0.3 is 9.88 Å². The van der Waals surface area contributed by atoms with E-state index in [0.717, 1.165) is 29.1 Å². The summed E-state index contributed by atoms with van der Waals surface area (Å²) in [7, 11) is 0. The largest absolute Gasteiger partial charge is 0.359 e. The molecule has 0 fully saturated rings. The van der Waals surface area contributed by atoms with Gasteiger partial charge in [0, 0.05) is 30.2 Å². The third-order valence-electron chi connectivity index (χ3n) is 4.11. The van der Waals surface area contributed by atoms with Crippen LogP contribution in [0.15, 0.2) is 71.6 Å². The molecular weight excluding hydrogens is 334 g/mol. The Hall–Kier alpha value is -3.72. The lowest BCUT2D eigenvalue weighted by Gasteiger charge is -2.11. The van der Waals surface area contributed by atoms with Crippen LogP contribution in [-0.4, -0.2) is 10.8 Å². The predicted molar refractivity (Wildman–Crippen MR) is 96.5 cm³/mol. The highest BCUT2D eigenvalue weighted by Crippen LogP contribution is 2.27. The lowest BCUT2D eigenvalue weighted by atomic mass is 10.1. The van der Waals surface area contributed by atoms with Crippen LogP contribution >= 0.6 is 0 Å². The van der Waals surface area contributed by atoms with Gasteiger partial charge in [-0.2, -0.15) is 5.26 Å². The van der Waals surface area contributed by atoms with Crippen LogP contribution in [-0.2, 0) is 0 Å². The molecule has 6 heteroatoms. The van der Waals surface area contributed by atoms with Gasteiger partial charge in [0.1, 0.15) is 17.7 Å². The number of aromatic nitrogens is 1. The Kier molecular flexibility index (Phi) is 3.82. The van der Waals surface area contributed by atoms with E-state index in [2.05, 4.69) is 16.4 Å². The molecule has 0 saturated heterocycles. The van der Waals surface area contributed by atoms with E-state index in [0.29, 0.717) is 11.2 Å². The minimum atomic E-state index is -0.522. The zero-order valence-electron chi connectivity index (χ0n) is 13.4. The lowest BCUT2D eigenvalue weighted by molar-refractivity contribution is 0.594. The van der Waals surface area contributed by atoms with Gasteiger partial charge in [-0.3, -0.25) is 0 Å². The van der Waals surface area contributed by atoms with Crippen molar-refractivity contribution in [3.8, 4) is 11.8 Å². The molecule has 0 unspecified atom stereocenters. The molecule has 0 saturated carbocycles.